The summed E-state index contributed by atoms with van der Waals surface area (Å²) in [6.45, 7) is 2.67. The van der Waals surface area contributed by atoms with Crippen molar-refractivity contribution >= 4 is 44.9 Å². The van der Waals surface area contributed by atoms with E-state index in [9.17, 15) is 18.5 Å². The first-order valence-corrected chi connectivity index (χ1v) is 16.0. The summed E-state index contributed by atoms with van der Waals surface area (Å²) in [6.07, 6.45) is 3.41. The first kappa shape index (κ1) is 30.8. The summed E-state index contributed by atoms with van der Waals surface area (Å²) in [6, 6.07) is 22.4. The van der Waals surface area contributed by atoms with Crippen molar-refractivity contribution in [2.24, 2.45) is 0 Å². The van der Waals surface area contributed by atoms with Gasteiger partial charge in [0.15, 0.2) is 0 Å². The topological polar surface area (TPSA) is 114 Å². The smallest absolute Gasteiger partial charge is 0.319 e. The van der Waals surface area contributed by atoms with Crippen LogP contribution in [0.5, 0.6) is 0 Å². The molecule has 3 N–H and O–H groups in total. The molecular formula is C30H33Cl2N5O3S. The second-order valence-electron chi connectivity index (χ2n) is 10.3. The van der Waals surface area contributed by atoms with Crippen molar-refractivity contribution in [2.45, 2.75) is 31.2 Å². The third-order valence-corrected chi connectivity index (χ3v) is 8.31. The summed E-state index contributed by atoms with van der Waals surface area (Å²) in [7, 11) is -3.23. The average molecular weight is 615 g/mol. The molecule has 41 heavy (non-hydrogen) atoms. The van der Waals surface area contributed by atoms with Crippen molar-refractivity contribution in [3.63, 3.8) is 0 Å². The van der Waals surface area contributed by atoms with Crippen LogP contribution in [-0.2, 0) is 10.0 Å². The Balaban J connectivity index is 1.46. The molecule has 2 amide bonds. The van der Waals surface area contributed by atoms with Gasteiger partial charge < -0.3 is 15.5 Å². The van der Waals surface area contributed by atoms with Crippen LogP contribution in [0.25, 0.3) is 11.1 Å². The van der Waals surface area contributed by atoms with Crippen molar-refractivity contribution in [3.8, 4) is 17.2 Å². The molecule has 0 aromatic heterocycles. The van der Waals surface area contributed by atoms with E-state index in [0.717, 1.165) is 55.6 Å². The number of urea groups is 1. The van der Waals surface area contributed by atoms with Crippen LogP contribution < -0.4 is 15.4 Å². The number of likely N-dealkylation sites (tertiary alicyclic amines) is 1. The molecule has 1 aliphatic rings. The van der Waals surface area contributed by atoms with Gasteiger partial charge in [0.1, 0.15) is 0 Å². The molecular weight excluding hydrogens is 581 g/mol. The van der Waals surface area contributed by atoms with Gasteiger partial charge in [0.2, 0.25) is 10.0 Å². The molecule has 1 unspecified atom stereocenters. The Labute approximate surface area is 251 Å². The number of hydrogen-bond donors (Lipinski definition) is 3. The fraction of sp³-hybridized carbons (Fsp3) is 0.333. The minimum absolute atomic E-state index is 0.0499. The first-order valence-electron chi connectivity index (χ1n) is 13.4. The van der Waals surface area contributed by atoms with Crippen molar-refractivity contribution in [2.75, 3.05) is 37.8 Å². The van der Waals surface area contributed by atoms with Gasteiger partial charge in [-0.15, -0.1) is 0 Å². The lowest BCUT2D eigenvalue weighted by molar-refractivity contribution is 0.200. The molecule has 0 spiro atoms. The second kappa shape index (κ2) is 14.2. The molecule has 11 heteroatoms. The molecule has 0 saturated carbocycles. The highest BCUT2D eigenvalue weighted by Gasteiger charge is 2.23. The number of benzene rings is 3. The normalized spacial score (nSPS) is 15.2. The lowest BCUT2D eigenvalue weighted by atomic mass is 9.90. The maximum Gasteiger partial charge on any atom is 0.319 e. The largest absolute Gasteiger partial charge is 0.337 e. The van der Waals surface area contributed by atoms with E-state index in [1.165, 1.54) is 6.26 Å². The number of nitriles is 1. The second-order valence-corrected chi connectivity index (χ2v) is 12.9. The van der Waals surface area contributed by atoms with Crippen LogP contribution in [0.15, 0.2) is 66.7 Å². The number of sulfonamides is 1. The van der Waals surface area contributed by atoms with Crippen molar-refractivity contribution in [1.29, 1.82) is 5.26 Å². The number of halogens is 2. The number of amides is 2. The third-order valence-electron chi connectivity index (χ3n) is 7.11. The number of rotatable bonds is 10. The van der Waals surface area contributed by atoms with Gasteiger partial charge in [0.05, 0.1) is 17.9 Å². The molecule has 0 bridgehead atoms. The van der Waals surface area contributed by atoms with Gasteiger partial charge in [0.25, 0.3) is 0 Å². The summed E-state index contributed by atoms with van der Waals surface area (Å²) in [5.41, 5.74) is 3.85. The number of nitrogens with one attached hydrogen (secondary N) is 3. The van der Waals surface area contributed by atoms with Crippen LogP contribution in [0.4, 0.5) is 10.5 Å². The number of piperidine rings is 1. The Hall–Kier alpha value is -3.13. The fourth-order valence-electron chi connectivity index (χ4n) is 5.10. The van der Waals surface area contributed by atoms with E-state index in [0.29, 0.717) is 27.8 Å². The molecule has 1 saturated heterocycles. The molecule has 1 aliphatic heterocycles. The van der Waals surface area contributed by atoms with Crippen molar-refractivity contribution in [1.82, 2.24) is 14.9 Å². The molecule has 1 heterocycles. The number of carbonyl (C=O) groups is 1. The summed E-state index contributed by atoms with van der Waals surface area (Å²) in [5, 5.41) is 16.5. The van der Waals surface area contributed by atoms with E-state index >= 15 is 0 Å². The molecule has 0 radical (unpaired) electrons. The third kappa shape index (κ3) is 9.45. The summed E-state index contributed by atoms with van der Waals surface area (Å²) in [5.74, 6) is -0.0625. The zero-order valence-corrected chi connectivity index (χ0v) is 25.1. The van der Waals surface area contributed by atoms with E-state index < -0.39 is 10.0 Å². The van der Waals surface area contributed by atoms with Crippen LogP contribution in [0.3, 0.4) is 0 Å². The highest BCUT2D eigenvalue weighted by molar-refractivity contribution is 7.88. The van der Waals surface area contributed by atoms with E-state index in [4.69, 9.17) is 23.2 Å². The Kier molecular flexibility index (Phi) is 10.6. The molecule has 0 aliphatic carbocycles. The Bertz CT molecular complexity index is 1480. The van der Waals surface area contributed by atoms with Crippen LogP contribution in [0, 0.1) is 11.3 Å². The standard InChI is InChI=1S/C30H33Cl2N5O3S/c1-41(39,40)36-27-10-13-37(14-11-27)12-9-23(20-34-30(38)35-28-17-25(31)16-26(32)18-28)22-7-8-29(24(15-22)19-33)21-5-3-2-4-6-21/h2-8,15-18,23,27,36H,9-14,20H2,1H3,(H2,34,35,38). The lowest BCUT2D eigenvalue weighted by Gasteiger charge is -2.33. The van der Waals surface area contributed by atoms with Crippen LogP contribution in [-0.4, -0.2) is 57.8 Å². The van der Waals surface area contributed by atoms with Gasteiger partial charge >= 0.3 is 6.03 Å². The predicted octanol–water partition coefficient (Wildman–Crippen LogP) is 5.84. The lowest BCUT2D eigenvalue weighted by Crippen LogP contribution is -2.44. The highest BCUT2D eigenvalue weighted by Crippen LogP contribution is 2.29. The van der Waals surface area contributed by atoms with Crippen LogP contribution >= 0.6 is 23.2 Å². The zero-order valence-electron chi connectivity index (χ0n) is 22.7. The van der Waals surface area contributed by atoms with Gasteiger partial charge in [0, 0.05) is 34.2 Å². The van der Waals surface area contributed by atoms with E-state index in [1.54, 1.807) is 18.2 Å². The average Bonchev–Trinajstić information content (AvgIpc) is 2.92. The van der Waals surface area contributed by atoms with Gasteiger partial charge in [-0.1, -0.05) is 65.7 Å². The fourth-order valence-corrected chi connectivity index (χ4v) is 6.46. The first-order chi connectivity index (χ1) is 19.6. The van der Waals surface area contributed by atoms with Gasteiger partial charge in [-0.25, -0.2) is 17.9 Å². The van der Waals surface area contributed by atoms with Gasteiger partial charge in [-0.3, -0.25) is 0 Å². The maximum atomic E-state index is 12.8. The number of carbonyl (C=O) groups excluding carboxylic acids is 1. The number of hydrogen-bond acceptors (Lipinski definition) is 5. The maximum absolute atomic E-state index is 12.8. The molecule has 3 aromatic carbocycles. The minimum Gasteiger partial charge on any atom is -0.337 e. The molecule has 3 aromatic rings. The van der Waals surface area contributed by atoms with Gasteiger partial charge in [-0.05, 0) is 79.9 Å². The zero-order chi connectivity index (χ0) is 29.4. The predicted molar refractivity (Wildman–Crippen MR) is 165 cm³/mol. The van der Waals surface area contributed by atoms with Crippen LogP contribution in [0.1, 0.15) is 36.3 Å². The van der Waals surface area contributed by atoms with Crippen molar-refractivity contribution in [3.05, 3.63) is 87.9 Å². The molecule has 1 atom stereocenters. The van der Waals surface area contributed by atoms with Crippen molar-refractivity contribution < 1.29 is 13.2 Å². The Morgan fingerprint density at radius 2 is 1.73 bits per heavy atom. The number of nitrogens with zero attached hydrogens (tertiary/aromatic N) is 2. The molecule has 4 rings (SSSR count). The number of anilines is 1. The Morgan fingerprint density at radius 1 is 1.05 bits per heavy atom. The minimum atomic E-state index is -3.23. The molecule has 216 valence electrons. The van der Waals surface area contributed by atoms with E-state index in [-0.39, 0.29) is 18.0 Å². The quantitative estimate of drug-likeness (QED) is 0.266. The highest BCUT2D eigenvalue weighted by atomic mass is 35.5. The summed E-state index contributed by atoms with van der Waals surface area (Å²) >= 11 is 12.1. The van der Waals surface area contributed by atoms with Crippen LogP contribution in [0.2, 0.25) is 10.0 Å². The molecule has 8 nitrogen and oxygen atoms in total. The van der Waals surface area contributed by atoms with Gasteiger partial charge in [-0.2, -0.15) is 5.26 Å². The van der Waals surface area contributed by atoms with E-state index in [1.807, 2.05) is 48.5 Å². The monoisotopic (exact) mass is 613 g/mol. The summed E-state index contributed by atoms with van der Waals surface area (Å²) in [4.78, 5) is 15.1. The van der Waals surface area contributed by atoms with E-state index in [2.05, 4.69) is 26.3 Å². The summed E-state index contributed by atoms with van der Waals surface area (Å²) < 4.78 is 25.9. The molecule has 1 fully saturated rings. The Morgan fingerprint density at radius 3 is 2.37 bits per heavy atom. The SMILES string of the molecule is CS(=O)(=O)NC1CCN(CCC(CNC(=O)Nc2cc(Cl)cc(Cl)c2)c2ccc(-c3ccccc3)c(C#N)c2)CC1.